The van der Waals surface area contributed by atoms with Crippen LogP contribution in [0, 0.1) is 0 Å². The summed E-state index contributed by atoms with van der Waals surface area (Å²) < 4.78 is 14.8. The first-order chi connectivity index (χ1) is 8.11. The van der Waals surface area contributed by atoms with E-state index in [2.05, 4.69) is 4.74 Å². The lowest BCUT2D eigenvalue weighted by Gasteiger charge is -2.11. The van der Waals surface area contributed by atoms with Gasteiger partial charge in [-0.05, 0) is 17.7 Å². The van der Waals surface area contributed by atoms with E-state index in [9.17, 15) is 9.90 Å². The number of benzene rings is 1. The number of aliphatic hydroxyl groups excluding tert-OH is 1. The Morgan fingerprint density at radius 2 is 2.35 bits per heavy atom. The lowest BCUT2D eigenvalue weighted by atomic mass is 10.1. The Morgan fingerprint density at radius 1 is 1.59 bits per heavy atom. The number of carbonyl (C=O) groups is 1. The number of ether oxygens (including phenoxy) is 3. The van der Waals surface area contributed by atoms with E-state index in [1.807, 2.05) is 0 Å². The molecule has 5 nitrogen and oxygen atoms in total. The number of esters is 1. The number of fused-ring (bicyclic) bond motifs is 1. The second-order valence-corrected chi connectivity index (χ2v) is 3.94. The third-order valence-corrected chi connectivity index (χ3v) is 2.70. The van der Waals surface area contributed by atoms with E-state index in [1.54, 1.807) is 12.1 Å². The fourth-order valence-corrected chi connectivity index (χ4v) is 1.81. The zero-order valence-electron chi connectivity index (χ0n) is 9.10. The minimum atomic E-state index is -0.977. The first-order valence-electron chi connectivity index (χ1n) is 4.95. The van der Waals surface area contributed by atoms with Gasteiger partial charge < -0.3 is 19.3 Å². The van der Waals surface area contributed by atoms with E-state index in [1.165, 1.54) is 7.11 Å². The quantitative estimate of drug-likeness (QED) is 0.836. The summed E-state index contributed by atoms with van der Waals surface area (Å²) in [6.45, 7) is 0.103. The molecule has 0 fully saturated rings. The Hall–Kier alpha value is -1.46. The molecule has 1 heterocycles. The molecule has 17 heavy (non-hydrogen) atoms. The van der Waals surface area contributed by atoms with Gasteiger partial charge in [0.1, 0.15) is 0 Å². The van der Waals surface area contributed by atoms with Crippen LogP contribution in [0.15, 0.2) is 12.1 Å². The molecular formula is C11H11ClO5. The maximum atomic E-state index is 11.0. The molecular weight excluding hydrogens is 248 g/mol. The van der Waals surface area contributed by atoms with Crippen LogP contribution in [-0.4, -0.2) is 25.0 Å². The average molecular weight is 259 g/mol. The molecule has 1 aliphatic rings. The van der Waals surface area contributed by atoms with Gasteiger partial charge in [0.05, 0.1) is 24.7 Å². The number of hydrogen-bond donors (Lipinski definition) is 1. The van der Waals surface area contributed by atoms with Crippen molar-refractivity contribution in [1.29, 1.82) is 0 Å². The number of rotatable bonds is 3. The molecule has 0 unspecified atom stereocenters. The highest BCUT2D eigenvalue weighted by molar-refractivity contribution is 6.32. The van der Waals surface area contributed by atoms with Crippen molar-refractivity contribution < 1.29 is 24.1 Å². The van der Waals surface area contributed by atoms with Crippen LogP contribution in [-0.2, 0) is 9.53 Å². The molecule has 0 aromatic heterocycles. The monoisotopic (exact) mass is 258 g/mol. The van der Waals surface area contributed by atoms with E-state index in [-0.39, 0.29) is 13.2 Å². The Kier molecular flexibility index (Phi) is 3.40. The third kappa shape index (κ3) is 2.45. The van der Waals surface area contributed by atoms with Crippen LogP contribution in [0.2, 0.25) is 5.02 Å². The van der Waals surface area contributed by atoms with Crippen molar-refractivity contribution in [3.8, 4) is 11.5 Å². The molecule has 92 valence electrons. The number of hydrogen-bond acceptors (Lipinski definition) is 5. The van der Waals surface area contributed by atoms with Gasteiger partial charge in [-0.2, -0.15) is 0 Å². The summed E-state index contributed by atoms with van der Waals surface area (Å²) in [5.41, 5.74) is 0.490. The second-order valence-electron chi connectivity index (χ2n) is 3.53. The summed E-state index contributed by atoms with van der Waals surface area (Å²) >= 11 is 5.96. The number of carbonyl (C=O) groups excluding carboxylic acids is 1. The van der Waals surface area contributed by atoms with Crippen molar-refractivity contribution in [1.82, 2.24) is 0 Å². The van der Waals surface area contributed by atoms with Gasteiger partial charge in [-0.1, -0.05) is 11.6 Å². The number of methoxy groups -OCH3 is 1. The molecule has 1 aromatic rings. The minimum Gasteiger partial charge on any atom is -0.469 e. The summed E-state index contributed by atoms with van der Waals surface area (Å²) in [4.78, 5) is 11.0. The van der Waals surface area contributed by atoms with Crippen LogP contribution in [0.3, 0.4) is 0 Å². The Balaban J connectivity index is 2.22. The maximum Gasteiger partial charge on any atom is 0.308 e. The summed E-state index contributed by atoms with van der Waals surface area (Å²) in [6, 6.07) is 3.14. The normalized spacial score (nSPS) is 14.5. The highest BCUT2D eigenvalue weighted by Crippen LogP contribution is 2.41. The molecule has 2 rings (SSSR count). The highest BCUT2D eigenvalue weighted by Gasteiger charge is 2.22. The van der Waals surface area contributed by atoms with Crippen LogP contribution < -0.4 is 9.47 Å². The molecule has 1 aromatic carbocycles. The largest absolute Gasteiger partial charge is 0.469 e. The van der Waals surface area contributed by atoms with Crippen molar-refractivity contribution >= 4 is 17.6 Å². The molecule has 0 saturated heterocycles. The van der Waals surface area contributed by atoms with Gasteiger partial charge in [-0.15, -0.1) is 0 Å². The van der Waals surface area contributed by atoms with Gasteiger partial charge >= 0.3 is 5.97 Å². The molecule has 0 radical (unpaired) electrons. The van der Waals surface area contributed by atoms with Crippen molar-refractivity contribution in [2.45, 2.75) is 12.5 Å². The van der Waals surface area contributed by atoms with Crippen LogP contribution >= 0.6 is 11.6 Å². The van der Waals surface area contributed by atoms with Gasteiger partial charge in [0, 0.05) is 0 Å². The number of aliphatic hydroxyl groups is 1. The fourth-order valence-electron chi connectivity index (χ4n) is 1.54. The highest BCUT2D eigenvalue weighted by atomic mass is 35.5. The summed E-state index contributed by atoms with van der Waals surface area (Å²) in [6.07, 6.45) is -1.11. The first kappa shape index (κ1) is 12.0. The first-order valence-corrected chi connectivity index (χ1v) is 5.33. The smallest absolute Gasteiger partial charge is 0.308 e. The second kappa shape index (κ2) is 4.81. The lowest BCUT2D eigenvalue weighted by molar-refractivity contribution is -0.142. The van der Waals surface area contributed by atoms with E-state index in [0.717, 1.165) is 0 Å². The zero-order chi connectivity index (χ0) is 12.4. The predicted molar refractivity (Wildman–Crippen MR) is 59.2 cm³/mol. The zero-order valence-corrected chi connectivity index (χ0v) is 9.86. The van der Waals surface area contributed by atoms with Crippen molar-refractivity contribution in [3.63, 3.8) is 0 Å². The van der Waals surface area contributed by atoms with Gasteiger partial charge in [0.25, 0.3) is 0 Å². The Bertz CT molecular complexity index is 446. The molecule has 1 atom stereocenters. The van der Waals surface area contributed by atoms with Crippen LogP contribution in [0.5, 0.6) is 11.5 Å². The Morgan fingerprint density at radius 3 is 3.06 bits per heavy atom. The lowest BCUT2D eigenvalue weighted by Crippen LogP contribution is -2.08. The predicted octanol–water partition coefficient (Wildman–Crippen LogP) is 1.67. The molecule has 0 bridgehead atoms. The minimum absolute atomic E-state index is 0.103. The van der Waals surface area contributed by atoms with Gasteiger partial charge in [0.2, 0.25) is 6.79 Å². The molecule has 1 aliphatic heterocycles. The topological polar surface area (TPSA) is 65.0 Å². The van der Waals surface area contributed by atoms with Crippen LogP contribution in [0.4, 0.5) is 0 Å². The van der Waals surface area contributed by atoms with Crippen LogP contribution in [0.1, 0.15) is 18.1 Å². The third-order valence-electron chi connectivity index (χ3n) is 2.42. The molecule has 6 heteroatoms. The molecule has 0 amide bonds. The SMILES string of the molecule is COC(=O)C[C@@H](O)c1cc(Cl)c2c(c1)OCO2. The van der Waals surface area contributed by atoms with Crippen molar-refractivity contribution in [2.75, 3.05) is 13.9 Å². The van der Waals surface area contributed by atoms with E-state index in [4.69, 9.17) is 21.1 Å². The van der Waals surface area contributed by atoms with Gasteiger partial charge in [0.15, 0.2) is 11.5 Å². The standard InChI is InChI=1S/C11H11ClO5/c1-15-10(14)4-8(13)6-2-7(12)11-9(3-6)16-5-17-11/h2-3,8,13H,4-5H2,1H3/t8-/m1/s1. The number of halogens is 1. The van der Waals surface area contributed by atoms with Crippen molar-refractivity contribution in [2.24, 2.45) is 0 Å². The maximum absolute atomic E-state index is 11.0. The molecule has 0 saturated carbocycles. The summed E-state index contributed by atoms with van der Waals surface area (Å²) in [5, 5.41) is 10.2. The van der Waals surface area contributed by atoms with E-state index in [0.29, 0.717) is 22.1 Å². The van der Waals surface area contributed by atoms with Crippen molar-refractivity contribution in [3.05, 3.63) is 22.7 Å². The molecule has 1 N–H and O–H groups in total. The average Bonchev–Trinajstić information content (AvgIpc) is 2.77. The van der Waals surface area contributed by atoms with Crippen LogP contribution in [0.25, 0.3) is 0 Å². The van der Waals surface area contributed by atoms with E-state index >= 15 is 0 Å². The molecule has 0 aliphatic carbocycles. The summed E-state index contributed by atoms with van der Waals surface area (Å²) in [7, 11) is 1.27. The molecule has 0 spiro atoms. The Labute approximate surface area is 103 Å². The van der Waals surface area contributed by atoms with E-state index < -0.39 is 12.1 Å². The van der Waals surface area contributed by atoms with Gasteiger partial charge in [-0.3, -0.25) is 4.79 Å². The van der Waals surface area contributed by atoms with Gasteiger partial charge in [-0.25, -0.2) is 0 Å². The summed E-state index contributed by atoms with van der Waals surface area (Å²) in [5.74, 6) is 0.434. The fraction of sp³-hybridized carbons (Fsp3) is 0.364.